The van der Waals surface area contributed by atoms with E-state index in [-0.39, 0.29) is 6.29 Å². The van der Waals surface area contributed by atoms with E-state index in [9.17, 15) is 0 Å². The van der Waals surface area contributed by atoms with Crippen molar-refractivity contribution < 1.29 is 14.2 Å². The maximum absolute atomic E-state index is 5.92. The van der Waals surface area contributed by atoms with Gasteiger partial charge in [-0.1, -0.05) is 23.2 Å². The van der Waals surface area contributed by atoms with E-state index in [2.05, 4.69) is 0 Å². The van der Waals surface area contributed by atoms with Crippen LogP contribution in [0.1, 0.15) is 0 Å². The molecule has 0 bridgehead atoms. The fraction of sp³-hybridized carbons (Fsp3) is 0.400. The maximum Gasteiger partial charge on any atom is 0.191 e. The molecule has 15 heavy (non-hydrogen) atoms. The van der Waals surface area contributed by atoms with Crippen molar-refractivity contribution in [2.45, 2.75) is 6.29 Å². The van der Waals surface area contributed by atoms with Gasteiger partial charge in [-0.15, -0.1) is 0 Å². The van der Waals surface area contributed by atoms with Crippen LogP contribution in [0.5, 0.6) is 5.75 Å². The van der Waals surface area contributed by atoms with E-state index in [1.807, 2.05) is 0 Å². The van der Waals surface area contributed by atoms with E-state index < -0.39 is 0 Å². The Bertz CT molecular complexity index is 337. The highest BCUT2D eigenvalue weighted by atomic mass is 35.5. The molecule has 0 aliphatic carbocycles. The molecule has 1 saturated heterocycles. The molecule has 0 aromatic heterocycles. The highest BCUT2D eigenvalue weighted by molar-refractivity contribution is 6.34. The molecule has 1 fully saturated rings. The lowest BCUT2D eigenvalue weighted by atomic mass is 10.3. The van der Waals surface area contributed by atoms with Crippen LogP contribution in [0.15, 0.2) is 18.2 Å². The van der Waals surface area contributed by atoms with E-state index >= 15 is 0 Å². The van der Waals surface area contributed by atoms with Gasteiger partial charge in [-0.25, -0.2) is 0 Å². The summed E-state index contributed by atoms with van der Waals surface area (Å²) in [5, 5.41) is 1.11. The molecule has 0 spiro atoms. The molecule has 1 aliphatic rings. The molecule has 2 rings (SSSR count). The number of benzene rings is 1. The lowest BCUT2D eigenvalue weighted by Crippen LogP contribution is -2.18. The zero-order chi connectivity index (χ0) is 10.7. The van der Waals surface area contributed by atoms with Crippen LogP contribution < -0.4 is 4.74 Å². The predicted octanol–water partition coefficient (Wildman–Crippen LogP) is 2.75. The summed E-state index contributed by atoms with van der Waals surface area (Å²) in [7, 11) is 0. The summed E-state index contributed by atoms with van der Waals surface area (Å²) in [6.07, 6.45) is -0.306. The number of rotatable bonds is 3. The quantitative estimate of drug-likeness (QED) is 0.824. The molecule has 0 unspecified atom stereocenters. The molecular weight excluding hydrogens is 239 g/mol. The van der Waals surface area contributed by atoms with Crippen LogP contribution >= 0.6 is 23.2 Å². The van der Waals surface area contributed by atoms with Gasteiger partial charge in [-0.2, -0.15) is 0 Å². The van der Waals surface area contributed by atoms with Crippen LogP contribution in [0.2, 0.25) is 10.0 Å². The monoisotopic (exact) mass is 248 g/mol. The van der Waals surface area contributed by atoms with E-state index in [0.717, 1.165) is 0 Å². The Labute approximate surface area is 97.8 Å². The average Bonchev–Trinajstić information content (AvgIpc) is 2.72. The molecule has 0 atom stereocenters. The topological polar surface area (TPSA) is 27.7 Å². The fourth-order valence-electron chi connectivity index (χ4n) is 1.25. The van der Waals surface area contributed by atoms with Gasteiger partial charge in [0.25, 0.3) is 0 Å². The largest absolute Gasteiger partial charge is 0.487 e. The molecule has 1 aromatic carbocycles. The number of hydrogen-bond acceptors (Lipinski definition) is 3. The van der Waals surface area contributed by atoms with E-state index in [0.29, 0.717) is 35.6 Å². The number of ether oxygens (including phenoxy) is 3. The molecular formula is C10H10Cl2O3. The Kier molecular flexibility index (Phi) is 3.70. The normalized spacial score (nSPS) is 16.9. The first-order valence-electron chi connectivity index (χ1n) is 4.57. The Morgan fingerprint density at radius 2 is 2.00 bits per heavy atom. The van der Waals surface area contributed by atoms with Gasteiger partial charge >= 0.3 is 0 Å². The van der Waals surface area contributed by atoms with Gasteiger partial charge in [-0.05, 0) is 12.1 Å². The van der Waals surface area contributed by atoms with E-state index in [4.69, 9.17) is 37.4 Å². The second-order valence-electron chi connectivity index (χ2n) is 3.06. The molecule has 0 amide bonds. The molecule has 0 N–H and O–H groups in total. The molecule has 1 heterocycles. The summed E-state index contributed by atoms with van der Waals surface area (Å²) in [4.78, 5) is 0. The second kappa shape index (κ2) is 5.03. The standard InChI is InChI=1S/C10H10Cl2O3/c11-7-1-2-8(12)9(5-7)15-6-10-13-3-4-14-10/h1-2,5,10H,3-4,6H2. The van der Waals surface area contributed by atoms with Crippen molar-refractivity contribution in [1.82, 2.24) is 0 Å². The van der Waals surface area contributed by atoms with Crippen LogP contribution in [0.3, 0.4) is 0 Å². The molecule has 5 heteroatoms. The third kappa shape index (κ3) is 2.98. The number of hydrogen-bond donors (Lipinski definition) is 0. The first kappa shape index (κ1) is 11.0. The summed E-state index contributed by atoms with van der Waals surface area (Å²) in [6, 6.07) is 5.06. The summed E-state index contributed by atoms with van der Waals surface area (Å²) < 4.78 is 15.9. The second-order valence-corrected chi connectivity index (χ2v) is 3.90. The van der Waals surface area contributed by atoms with Crippen LogP contribution in [-0.2, 0) is 9.47 Å². The number of halogens is 2. The van der Waals surface area contributed by atoms with Crippen molar-refractivity contribution in [3.05, 3.63) is 28.2 Å². The third-order valence-corrected chi connectivity index (χ3v) is 2.51. The van der Waals surface area contributed by atoms with E-state index in [1.165, 1.54) is 0 Å². The first-order chi connectivity index (χ1) is 7.25. The predicted molar refractivity (Wildman–Crippen MR) is 57.6 cm³/mol. The van der Waals surface area contributed by atoms with Gasteiger partial charge in [0.2, 0.25) is 0 Å². The minimum absolute atomic E-state index is 0.306. The van der Waals surface area contributed by atoms with Gasteiger partial charge < -0.3 is 14.2 Å². The smallest absolute Gasteiger partial charge is 0.191 e. The van der Waals surface area contributed by atoms with Gasteiger partial charge in [0, 0.05) is 11.1 Å². The average molecular weight is 249 g/mol. The molecule has 1 aliphatic heterocycles. The molecule has 0 radical (unpaired) electrons. The van der Waals surface area contributed by atoms with Crippen LogP contribution in [0, 0.1) is 0 Å². The lowest BCUT2D eigenvalue weighted by Gasteiger charge is -2.12. The van der Waals surface area contributed by atoms with Gasteiger partial charge in [0.05, 0.1) is 18.2 Å². The summed E-state index contributed by atoms with van der Waals surface area (Å²) in [5.41, 5.74) is 0. The van der Waals surface area contributed by atoms with Crippen LogP contribution in [-0.4, -0.2) is 26.1 Å². The molecule has 3 nitrogen and oxygen atoms in total. The van der Waals surface area contributed by atoms with Gasteiger partial charge in [0.15, 0.2) is 6.29 Å². The third-order valence-electron chi connectivity index (χ3n) is 1.96. The zero-order valence-corrected chi connectivity index (χ0v) is 9.42. The van der Waals surface area contributed by atoms with Crippen LogP contribution in [0.4, 0.5) is 0 Å². The Morgan fingerprint density at radius 1 is 1.27 bits per heavy atom. The Morgan fingerprint density at radius 3 is 2.73 bits per heavy atom. The van der Waals surface area contributed by atoms with Crippen molar-refractivity contribution in [3.63, 3.8) is 0 Å². The van der Waals surface area contributed by atoms with E-state index in [1.54, 1.807) is 18.2 Å². The van der Waals surface area contributed by atoms with Crippen molar-refractivity contribution >= 4 is 23.2 Å². The van der Waals surface area contributed by atoms with Crippen molar-refractivity contribution in [2.75, 3.05) is 19.8 Å². The maximum atomic E-state index is 5.92. The Hall–Kier alpha value is -0.480. The van der Waals surface area contributed by atoms with Crippen molar-refractivity contribution in [3.8, 4) is 5.75 Å². The highest BCUT2D eigenvalue weighted by Gasteiger charge is 2.17. The van der Waals surface area contributed by atoms with Crippen molar-refractivity contribution in [1.29, 1.82) is 0 Å². The molecule has 82 valence electrons. The van der Waals surface area contributed by atoms with Gasteiger partial charge in [0.1, 0.15) is 12.4 Å². The first-order valence-corrected chi connectivity index (χ1v) is 5.32. The van der Waals surface area contributed by atoms with Gasteiger partial charge in [-0.3, -0.25) is 0 Å². The molecule has 1 aromatic rings. The zero-order valence-electron chi connectivity index (χ0n) is 7.91. The minimum atomic E-state index is -0.306. The summed E-state index contributed by atoms with van der Waals surface area (Å²) in [6.45, 7) is 1.54. The minimum Gasteiger partial charge on any atom is -0.487 e. The Balaban J connectivity index is 1.94. The van der Waals surface area contributed by atoms with Crippen molar-refractivity contribution in [2.24, 2.45) is 0 Å². The van der Waals surface area contributed by atoms with Crippen LogP contribution in [0.25, 0.3) is 0 Å². The lowest BCUT2D eigenvalue weighted by molar-refractivity contribution is -0.0683. The summed E-state index contributed by atoms with van der Waals surface area (Å²) in [5.74, 6) is 0.545. The fourth-order valence-corrected chi connectivity index (χ4v) is 1.58. The summed E-state index contributed by atoms with van der Waals surface area (Å²) >= 11 is 11.7. The highest BCUT2D eigenvalue weighted by Crippen LogP contribution is 2.28. The SMILES string of the molecule is Clc1ccc(Cl)c(OCC2OCCO2)c1. The molecule has 0 saturated carbocycles.